The van der Waals surface area contributed by atoms with Crippen molar-refractivity contribution in [1.29, 1.82) is 0 Å². The number of hydrogen-bond donors (Lipinski definition) is 1. The van der Waals surface area contributed by atoms with Crippen molar-refractivity contribution in [2.24, 2.45) is 0 Å². The topological polar surface area (TPSA) is 34.1 Å². The molecule has 112 valence electrons. The monoisotopic (exact) mass is 324 g/mol. The highest BCUT2D eigenvalue weighted by Gasteiger charge is 2.09. The van der Waals surface area contributed by atoms with Gasteiger partial charge in [0.15, 0.2) is 5.75 Å². The molecule has 2 rings (SSSR count). The van der Waals surface area contributed by atoms with Gasteiger partial charge in [0.05, 0.1) is 16.7 Å². The second-order valence-electron chi connectivity index (χ2n) is 4.70. The summed E-state index contributed by atoms with van der Waals surface area (Å²) in [4.78, 5) is 4.08. The predicted molar refractivity (Wildman–Crippen MR) is 87.0 cm³/mol. The zero-order chi connectivity index (χ0) is 15.1. The number of hydrogen-bond acceptors (Lipinski definition) is 3. The molecule has 1 aromatic heterocycles. The third-order valence-electron chi connectivity index (χ3n) is 2.89. The fourth-order valence-electron chi connectivity index (χ4n) is 1.91. The van der Waals surface area contributed by atoms with Crippen LogP contribution in [0, 0.1) is 0 Å². The lowest BCUT2D eigenvalue weighted by atomic mass is 10.2. The number of halogens is 2. The van der Waals surface area contributed by atoms with Gasteiger partial charge in [0.25, 0.3) is 0 Å². The maximum absolute atomic E-state index is 6.22. The summed E-state index contributed by atoms with van der Waals surface area (Å²) in [6.07, 6.45) is 4.52. The predicted octanol–water partition coefficient (Wildman–Crippen LogP) is 4.47. The number of rotatable bonds is 7. The van der Waals surface area contributed by atoms with E-state index in [0.29, 0.717) is 28.9 Å². The molecular formula is C16H18Cl2N2O. The van der Waals surface area contributed by atoms with Gasteiger partial charge in [0.2, 0.25) is 0 Å². The van der Waals surface area contributed by atoms with Gasteiger partial charge in [0, 0.05) is 25.5 Å². The molecule has 1 heterocycles. The van der Waals surface area contributed by atoms with Gasteiger partial charge in [-0.1, -0.05) is 36.2 Å². The molecule has 1 N–H and O–H groups in total. The van der Waals surface area contributed by atoms with Crippen LogP contribution in [-0.4, -0.2) is 11.6 Å². The Kier molecular flexibility index (Phi) is 6.30. The molecule has 0 aliphatic heterocycles. The first kappa shape index (κ1) is 16.1. The maximum atomic E-state index is 6.22. The summed E-state index contributed by atoms with van der Waals surface area (Å²) in [6, 6.07) is 7.72. The molecule has 0 fully saturated rings. The van der Waals surface area contributed by atoms with Crippen LogP contribution in [0.4, 0.5) is 0 Å². The van der Waals surface area contributed by atoms with Crippen molar-refractivity contribution in [2.45, 2.75) is 26.4 Å². The lowest BCUT2D eigenvalue weighted by Gasteiger charge is -2.11. The molecule has 21 heavy (non-hydrogen) atoms. The summed E-state index contributed by atoms with van der Waals surface area (Å²) >= 11 is 12.4. The van der Waals surface area contributed by atoms with E-state index >= 15 is 0 Å². The van der Waals surface area contributed by atoms with E-state index in [-0.39, 0.29) is 0 Å². The van der Waals surface area contributed by atoms with Crippen molar-refractivity contribution in [3.8, 4) is 5.75 Å². The Balaban J connectivity index is 1.95. The van der Waals surface area contributed by atoms with Crippen molar-refractivity contribution in [1.82, 2.24) is 10.3 Å². The Morgan fingerprint density at radius 3 is 2.48 bits per heavy atom. The Hall–Kier alpha value is -1.29. The number of benzene rings is 1. The molecule has 0 saturated heterocycles. The smallest absolute Gasteiger partial charge is 0.156 e. The lowest BCUT2D eigenvalue weighted by Crippen LogP contribution is -2.13. The van der Waals surface area contributed by atoms with Crippen LogP contribution in [0.25, 0.3) is 0 Å². The Morgan fingerprint density at radius 2 is 1.86 bits per heavy atom. The van der Waals surface area contributed by atoms with Crippen molar-refractivity contribution < 1.29 is 4.74 Å². The van der Waals surface area contributed by atoms with Crippen molar-refractivity contribution >= 4 is 23.2 Å². The van der Waals surface area contributed by atoms with Crippen LogP contribution in [-0.2, 0) is 13.1 Å². The van der Waals surface area contributed by atoms with Crippen LogP contribution >= 0.6 is 23.2 Å². The molecule has 0 bridgehead atoms. The van der Waals surface area contributed by atoms with Crippen LogP contribution in [0.1, 0.15) is 24.5 Å². The molecule has 0 aliphatic carbocycles. The second-order valence-corrected chi connectivity index (χ2v) is 5.52. The van der Waals surface area contributed by atoms with E-state index in [1.54, 1.807) is 6.20 Å². The molecule has 0 atom stereocenters. The summed E-state index contributed by atoms with van der Waals surface area (Å²) in [5.74, 6) is 0.566. The largest absolute Gasteiger partial charge is 0.490 e. The first-order valence-corrected chi connectivity index (χ1v) is 7.66. The van der Waals surface area contributed by atoms with Crippen LogP contribution < -0.4 is 10.1 Å². The standard InChI is InChI=1S/C16H18Cl2N2O/c1-2-6-21-16-14(17)7-13(8-15(16)18)11-20-10-12-4-3-5-19-9-12/h3-5,7-9,20H,2,6,10-11H2,1H3. The Morgan fingerprint density at radius 1 is 1.14 bits per heavy atom. The molecule has 0 aliphatic rings. The first-order valence-electron chi connectivity index (χ1n) is 6.91. The van der Waals surface area contributed by atoms with E-state index in [2.05, 4.69) is 10.3 Å². The third-order valence-corrected chi connectivity index (χ3v) is 3.45. The number of ether oxygens (including phenoxy) is 1. The highest BCUT2D eigenvalue weighted by atomic mass is 35.5. The van der Waals surface area contributed by atoms with Gasteiger partial charge in [-0.2, -0.15) is 0 Å². The lowest BCUT2D eigenvalue weighted by molar-refractivity contribution is 0.317. The summed E-state index contributed by atoms with van der Waals surface area (Å²) in [7, 11) is 0. The molecule has 5 heteroatoms. The minimum atomic E-state index is 0.550. The van der Waals surface area contributed by atoms with E-state index < -0.39 is 0 Å². The fourth-order valence-corrected chi connectivity index (χ4v) is 2.55. The Labute approximate surface area is 135 Å². The number of pyridine rings is 1. The van der Waals surface area contributed by atoms with E-state index in [4.69, 9.17) is 27.9 Å². The second kappa shape index (κ2) is 8.23. The highest BCUT2D eigenvalue weighted by Crippen LogP contribution is 2.34. The summed E-state index contributed by atoms with van der Waals surface area (Å²) in [5.41, 5.74) is 2.16. The maximum Gasteiger partial charge on any atom is 0.156 e. The van der Waals surface area contributed by atoms with Gasteiger partial charge in [0.1, 0.15) is 0 Å². The molecular weight excluding hydrogens is 307 g/mol. The summed E-state index contributed by atoms with van der Waals surface area (Å²) in [6.45, 7) is 4.08. The molecule has 0 unspecified atom stereocenters. The van der Waals surface area contributed by atoms with Gasteiger partial charge in [-0.3, -0.25) is 4.98 Å². The molecule has 0 amide bonds. The third kappa shape index (κ3) is 4.88. The molecule has 3 nitrogen and oxygen atoms in total. The van der Waals surface area contributed by atoms with Crippen molar-refractivity contribution in [3.63, 3.8) is 0 Å². The quantitative estimate of drug-likeness (QED) is 0.816. The van der Waals surface area contributed by atoms with Crippen LogP contribution in [0.5, 0.6) is 5.75 Å². The van der Waals surface area contributed by atoms with Gasteiger partial charge in [-0.25, -0.2) is 0 Å². The number of nitrogens with zero attached hydrogens (tertiary/aromatic N) is 1. The number of nitrogens with one attached hydrogen (secondary N) is 1. The molecule has 2 aromatic rings. The van der Waals surface area contributed by atoms with Gasteiger partial charge >= 0.3 is 0 Å². The first-order chi connectivity index (χ1) is 10.2. The highest BCUT2D eigenvalue weighted by molar-refractivity contribution is 6.37. The van der Waals surface area contributed by atoms with Gasteiger partial charge < -0.3 is 10.1 Å². The van der Waals surface area contributed by atoms with E-state index in [0.717, 1.165) is 24.1 Å². The average molecular weight is 325 g/mol. The SMILES string of the molecule is CCCOc1c(Cl)cc(CNCc2cccnc2)cc1Cl. The average Bonchev–Trinajstić information content (AvgIpc) is 2.48. The zero-order valence-corrected chi connectivity index (χ0v) is 13.4. The minimum Gasteiger partial charge on any atom is -0.490 e. The van der Waals surface area contributed by atoms with Crippen LogP contribution in [0.3, 0.4) is 0 Å². The summed E-state index contributed by atoms with van der Waals surface area (Å²) in [5, 5.41) is 4.44. The molecule has 0 spiro atoms. The van der Waals surface area contributed by atoms with Crippen molar-refractivity contribution in [2.75, 3.05) is 6.61 Å². The Bertz CT molecular complexity index is 553. The molecule has 0 radical (unpaired) electrons. The van der Waals surface area contributed by atoms with Crippen LogP contribution in [0.15, 0.2) is 36.7 Å². The van der Waals surface area contributed by atoms with Gasteiger partial charge in [-0.15, -0.1) is 0 Å². The van der Waals surface area contributed by atoms with Crippen LogP contribution in [0.2, 0.25) is 10.0 Å². The van der Waals surface area contributed by atoms with E-state index in [1.807, 2.05) is 37.4 Å². The van der Waals surface area contributed by atoms with Crippen molar-refractivity contribution in [3.05, 3.63) is 57.8 Å². The molecule has 0 saturated carbocycles. The normalized spacial score (nSPS) is 10.6. The molecule has 1 aromatic carbocycles. The zero-order valence-electron chi connectivity index (χ0n) is 11.9. The number of aromatic nitrogens is 1. The van der Waals surface area contributed by atoms with Gasteiger partial charge in [-0.05, 0) is 35.7 Å². The summed E-state index contributed by atoms with van der Waals surface area (Å²) < 4.78 is 5.55. The van der Waals surface area contributed by atoms with E-state index in [1.165, 1.54) is 0 Å². The minimum absolute atomic E-state index is 0.550. The fraction of sp³-hybridized carbons (Fsp3) is 0.312. The van der Waals surface area contributed by atoms with E-state index in [9.17, 15) is 0 Å².